The molecular weight excluding hydrogens is 605 g/mol. The molecule has 0 radical (unpaired) electrons. The van der Waals surface area contributed by atoms with Crippen LogP contribution in [0.15, 0.2) is 38.0 Å². The molecule has 36 heavy (non-hydrogen) atoms. The number of hydrogen-bond acceptors (Lipinski definition) is 8. The predicted molar refractivity (Wildman–Crippen MR) is 121 cm³/mol. The zero-order valence-corrected chi connectivity index (χ0v) is 23.8. The maximum absolute atomic E-state index is 11.6. The van der Waals surface area contributed by atoms with Crippen LogP contribution in [0.2, 0.25) is 0 Å². The molecule has 3 aliphatic carbocycles. The molecule has 0 spiro atoms. The number of rotatable bonds is 10. The summed E-state index contributed by atoms with van der Waals surface area (Å²) < 4.78 is 34.0. The van der Waals surface area contributed by atoms with E-state index in [0.717, 1.165) is 37.0 Å². The fourth-order valence-electron chi connectivity index (χ4n) is 2.71. The molecule has 3 saturated carbocycles. The first-order chi connectivity index (χ1) is 16.3. The van der Waals surface area contributed by atoms with Crippen LogP contribution in [0.1, 0.15) is 26.2 Å². The molecule has 8 nitrogen and oxygen atoms in total. The van der Waals surface area contributed by atoms with Crippen molar-refractivity contribution in [1.82, 2.24) is 0 Å². The quantitative estimate of drug-likeness (QED) is 0.200. The van der Waals surface area contributed by atoms with Gasteiger partial charge in [0.15, 0.2) is 11.9 Å². The number of carbonyl (C=O) groups is 3. The second-order valence-corrected chi connectivity index (χ2v) is 7.33. The summed E-state index contributed by atoms with van der Waals surface area (Å²) in [6, 6.07) is 0. The van der Waals surface area contributed by atoms with Crippen molar-refractivity contribution in [3.05, 3.63) is 77.5 Å². The molecule has 215 valence electrons. The van der Waals surface area contributed by atoms with Gasteiger partial charge in [-0.3, -0.25) is 21.4 Å². The van der Waals surface area contributed by atoms with Gasteiger partial charge in [0.1, 0.15) is 0 Å². The minimum atomic E-state index is -0.293. The first kappa shape index (κ1) is 41.5. The van der Waals surface area contributed by atoms with Crippen molar-refractivity contribution in [3.63, 3.8) is 0 Å². The van der Waals surface area contributed by atoms with E-state index in [9.17, 15) is 14.4 Å². The van der Waals surface area contributed by atoms with E-state index in [0.29, 0.717) is 5.92 Å². The first-order valence-electron chi connectivity index (χ1n) is 9.86. The Bertz CT molecular complexity index is 660. The minimum absolute atomic E-state index is 0. The molecule has 3 aliphatic rings. The number of ether oxygens (including phenoxy) is 2. The van der Waals surface area contributed by atoms with Gasteiger partial charge in [0.25, 0.3) is 0 Å². The van der Waals surface area contributed by atoms with Gasteiger partial charge in [-0.2, -0.15) is 25.2 Å². The molecule has 0 saturated heterocycles. The SMILES string of the molecule is C=CC1C[C-]1C(=O)OCC([CH2-])COC(=O)[C-]1CC1C=C.C=CC1C[C-]1C(C)=O.[CH3-].[CH3-].[O]=[Co].[O]=[Co].[O]=[Co]. The molecule has 3 fully saturated rings. The molecule has 11 heteroatoms. The van der Waals surface area contributed by atoms with E-state index in [4.69, 9.17) is 21.1 Å². The van der Waals surface area contributed by atoms with E-state index >= 15 is 0 Å². The van der Waals surface area contributed by atoms with E-state index < -0.39 is 0 Å². The standard InChI is InChI=1S/C16H19O4.C7H9O.2CH3.3Co.3O/c1-4-11-6-13(11)15(17)19-8-10(3)9-20-16(18)14-7-12(14)5-2;1-3-6-4-7(6)5(2)8;;;;;;;;/h4-5,10-12H,1-3,6-9H2;3,6H,1,4H2,2H3;2*1H3;;;;;;/q-3;3*-1;;;;;;. The molecule has 0 N–H and O–H groups in total. The van der Waals surface area contributed by atoms with Gasteiger partial charge < -0.3 is 42.0 Å². The average Bonchev–Trinajstić information content (AvgIpc) is 3.76. The Kier molecular flexibility index (Phi) is 27.4. The number of ketones is 1. The second-order valence-electron chi connectivity index (χ2n) is 7.33. The molecule has 3 rings (SSSR count). The Labute approximate surface area is 239 Å². The van der Waals surface area contributed by atoms with Crippen LogP contribution in [-0.2, 0) is 82.5 Å². The van der Waals surface area contributed by atoms with Crippen molar-refractivity contribution >= 4 is 17.7 Å². The molecule has 0 amide bonds. The van der Waals surface area contributed by atoms with Crippen LogP contribution in [-0.4, -0.2) is 30.9 Å². The number of carbonyl (C=O) groups excluding carboxylic acids is 3. The molecule has 3 unspecified atom stereocenters. The van der Waals surface area contributed by atoms with Gasteiger partial charge in [0.05, 0.1) is 13.2 Å². The monoisotopic (exact) mass is 639 g/mol. The van der Waals surface area contributed by atoms with E-state index in [1.54, 1.807) is 19.1 Å². The van der Waals surface area contributed by atoms with Crippen molar-refractivity contribution in [2.45, 2.75) is 26.2 Å². The zero-order chi connectivity index (χ0) is 26.8. The zero-order valence-electron chi connectivity index (χ0n) is 20.7. The number of esters is 2. The van der Waals surface area contributed by atoms with Gasteiger partial charge in [-0.1, -0.05) is 0 Å². The van der Waals surface area contributed by atoms with Crippen LogP contribution >= 0.6 is 0 Å². The van der Waals surface area contributed by atoms with Crippen molar-refractivity contribution in [2.75, 3.05) is 13.2 Å². The van der Waals surface area contributed by atoms with Gasteiger partial charge in [-0.25, -0.2) is 0 Å². The van der Waals surface area contributed by atoms with Crippen LogP contribution in [0.4, 0.5) is 0 Å². The fraction of sp³-hybridized carbons (Fsp3) is 0.400. The normalized spacial score (nSPS) is 19.7. The molecule has 0 aromatic rings. The number of hydrogen-bond donors (Lipinski definition) is 0. The predicted octanol–water partition coefficient (Wildman–Crippen LogP) is 3.98. The number of allylic oxidation sites excluding steroid dienone is 3. The summed E-state index contributed by atoms with van der Waals surface area (Å²) in [5, 5.41) is 0. The van der Waals surface area contributed by atoms with E-state index in [-0.39, 0.29) is 63.5 Å². The Morgan fingerprint density at radius 3 is 1.25 bits per heavy atom. The third kappa shape index (κ3) is 16.2. The second kappa shape index (κ2) is 23.7. The van der Waals surface area contributed by atoms with Crippen LogP contribution in [0.3, 0.4) is 0 Å². The van der Waals surface area contributed by atoms with Crippen molar-refractivity contribution in [1.29, 1.82) is 0 Å². The summed E-state index contributed by atoms with van der Waals surface area (Å²) in [4.78, 5) is 33.6. The summed E-state index contributed by atoms with van der Waals surface area (Å²) in [6.07, 6.45) is 7.74. The van der Waals surface area contributed by atoms with Crippen molar-refractivity contribution in [3.8, 4) is 0 Å². The molecule has 0 heterocycles. The fourth-order valence-corrected chi connectivity index (χ4v) is 2.71. The summed E-state index contributed by atoms with van der Waals surface area (Å²) in [7, 11) is 0. The first-order valence-corrected chi connectivity index (χ1v) is 11.1. The molecule has 0 aromatic carbocycles. The van der Waals surface area contributed by atoms with Crippen molar-refractivity contribution in [2.24, 2.45) is 23.7 Å². The third-order valence-electron chi connectivity index (χ3n) is 4.91. The van der Waals surface area contributed by atoms with Crippen LogP contribution < -0.4 is 0 Å². The van der Waals surface area contributed by atoms with Crippen LogP contribution in [0.5, 0.6) is 0 Å². The Morgan fingerprint density at radius 1 is 0.778 bits per heavy atom. The Morgan fingerprint density at radius 2 is 1.06 bits per heavy atom. The average molecular weight is 639 g/mol. The van der Waals surface area contributed by atoms with Gasteiger partial charge in [0, 0.05) is 0 Å². The summed E-state index contributed by atoms with van der Waals surface area (Å²) >= 11 is 6.94. The third-order valence-corrected chi connectivity index (χ3v) is 4.91. The van der Waals surface area contributed by atoms with E-state index in [1.807, 2.05) is 6.08 Å². The van der Waals surface area contributed by atoms with Crippen molar-refractivity contribution < 1.29 is 82.5 Å². The number of Topliss-reactive ketones (excluding diaryl/α,β-unsaturated/α-hetero) is 1. The van der Waals surface area contributed by atoms with Gasteiger partial charge in [0.2, 0.25) is 0 Å². The summed E-state index contributed by atoms with van der Waals surface area (Å²) in [5.41, 5.74) is 0. The summed E-state index contributed by atoms with van der Waals surface area (Å²) in [6.45, 7) is 16.6. The van der Waals surface area contributed by atoms with Gasteiger partial charge in [-0.05, 0) is 12.7 Å². The maximum atomic E-state index is 11.6. The molecule has 0 aliphatic heterocycles. The van der Waals surface area contributed by atoms with Gasteiger partial charge in [-0.15, -0.1) is 55.7 Å². The topological polar surface area (TPSA) is 121 Å². The molecule has 0 bridgehead atoms. The van der Waals surface area contributed by atoms with E-state index in [2.05, 4.69) is 73.7 Å². The van der Waals surface area contributed by atoms with Gasteiger partial charge >= 0.3 is 58.6 Å². The Balaban J connectivity index is -0.000000270. The molecule has 0 aromatic heterocycles. The molecular formula is C25H34Co3O8-6. The van der Waals surface area contributed by atoms with Crippen LogP contribution in [0.25, 0.3) is 0 Å². The van der Waals surface area contributed by atoms with Crippen LogP contribution in [0, 0.1) is 63.2 Å². The van der Waals surface area contributed by atoms with E-state index in [1.165, 1.54) is 0 Å². The molecule has 3 atom stereocenters. The Hall–Kier alpha value is -1.64. The summed E-state index contributed by atoms with van der Waals surface area (Å²) in [5.74, 6) is 2.71.